The topological polar surface area (TPSA) is 86.7 Å². The quantitative estimate of drug-likeness (QED) is 0.468. The van der Waals surface area contributed by atoms with Gasteiger partial charge in [-0.05, 0) is 0 Å². The Bertz CT molecular complexity index is 339. The highest BCUT2D eigenvalue weighted by molar-refractivity contribution is 8.63. The molecule has 66 valence electrons. The summed E-state index contributed by atoms with van der Waals surface area (Å²) in [7, 11) is -9.72. The van der Waals surface area contributed by atoms with Gasteiger partial charge in [0.15, 0.2) is 0 Å². The Morgan fingerprint density at radius 1 is 1.18 bits per heavy atom. The molecule has 1 saturated heterocycles. The summed E-state index contributed by atoms with van der Waals surface area (Å²) in [4.78, 5) is 0. The summed E-state index contributed by atoms with van der Waals surface area (Å²) in [5.74, 6) is 0. The molecular formula is C2H3FO6S2. The molecule has 11 heavy (non-hydrogen) atoms. The van der Waals surface area contributed by atoms with Crippen LogP contribution >= 0.6 is 0 Å². The normalized spacial score (nSPS) is 34.8. The highest BCUT2D eigenvalue weighted by atomic mass is 33.2. The van der Waals surface area contributed by atoms with E-state index in [4.69, 9.17) is 0 Å². The fourth-order valence-corrected chi connectivity index (χ4v) is 2.26. The number of hydrogen-bond donors (Lipinski definition) is 0. The average Bonchev–Trinajstić information content (AvgIpc) is 1.80. The van der Waals surface area contributed by atoms with Gasteiger partial charge in [0.2, 0.25) is 6.36 Å². The molecule has 1 rings (SSSR count). The van der Waals surface area contributed by atoms with Crippen molar-refractivity contribution in [2.24, 2.45) is 0 Å². The lowest BCUT2D eigenvalue weighted by molar-refractivity contribution is 0.0228. The van der Waals surface area contributed by atoms with Gasteiger partial charge in [0.05, 0.1) is 0 Å². The Labute approximate surface area is 61.6 Å². The Balaban J connectivity index is 3.11. The molecule has 1 aliphatic rings. The molecule has 0 aromatic rings. The predicted molar refractivity (Wildman–Crippen MR) is 29.8 cm³/mol. The van der Waals surface area contributed by atoms with Crippen LogP contribution in [0.15, 0.2) is 0 Å². The SMILES string of the molecule is O=S1(=O)OCC(F)OS1(=O)=O. The molecular weight excluding hydrogens is 203 g/mol. The first-order valence-corrected chi connectivity index (χ1v) is 5.65. The number of alkyl halides is 1. The van der Waals surface area contributed by atoms with Crippen molar-refractivity contribution in [3.8, 4) is 0 Å². The lowest BCUT2D eigenvalue weighted by Crippen LogP contribution is -2.33. The van der Waals surface area contributed by atoms with E-state index in [0.29, 0.717) is 0 Å². The van der Waals surface area contributed by atoms with Gasteiger partial charge in [-0.15, -0.1) is 0 Å². The van der Waals surface area contributed by atoms with Crippen molar-refractivity contribution >= 4 is 18.3 Å². The molecule has 1 atom stereocenters. The molecule has 6 nitrogen and oxygen atoms in total. The minimum Gasteiger partial charge on any atom is -0.251 e. The monoisotopic (exact) mass is 206 g/mol. The van der Waals surface area contributed by atoms with E-state index in [1.807, 2.05) is 0 Å². The smallest absolute Gasteiger partial charge is 0.251 e. The molecule has 0 radical (unpaired) electrons. The van der Waals surface area contributed by atoms with Gasteiger partial charge in [-0.3, -0.25) is 4.18 Å². The number of rotatable bonds is 0. The van der Waals surface area contributed by atoms with Crippen LogP contribution in [-0.2, 0) is 26.7 Å². The summed E-state index contributed by atoms with van der Waals surface area (Å²) in [6.07, 6.45) is -2.25. The molecule has 0 aromatic heterocycles. The summed E-state index contributed by atoms with van der Waals surface area (Å²) >= 11 is 0. The minimum absolute atomic E-state index is 0.929. The van der Waals surface area contributed by atoms with Crippen LogP contribution in [0.3, 0.4) is 0 Å². The Morgan fingerprint density at radius 2 is 1.73 bits per heavy atom. The molecule has 0 bridgehead atoms. The van der Waals surface area contributed by atoms with Crippen LogP contribution in [0.1, 0.15) is 0 Å². The third-order valence-electron chi connectivity index (χ3n) is 0.816. The molecule has 1 aliphatic heterocycles. The molecule has 0 N–H and O–H groups in total. The average molecular weight is 206 g/mol. The Morgan fingerprint density at radius 3 is 2.09 bits per heavy atom. The van der Waals surface area contributed by atoms with Crippen LogP contribution in [0, 0.1) is 0 Å². The second-order valence-corrected chi connectivity index (χ2v) is 6.12. The van der Waals surface area contributed by atoms with E-state index < -0.39 is 31.3 Å². The lowest BCUT2D eigenvalue weighted by atomic mass is 10.8. The second-order valence-electron chi connectivity index (χ2n) is 1.61. The highest BCUT2D eigenvalue weighted by Crippen LogP contribution is 2.18. The molecule has 0 spiro atoms. The lowest BCUT2D eigenvalue weighted by Gasteiger charge is -2.14. The Hall–Kier alpha value is -0.250. The summed E-state index contributed by atoms with van der Waals surface area (Å²) in [5, 5.41) is 0. The summed E-state index contributed by atoms with van der Waals surface area (Å²) in [5.41, 5.74) is 0. The maximum Gasteiger partial charge on any atom is 0.402 e. The van der Waals surface area contributed by atoms with Crippen molar-refractivity contribution in [3.05, 3.63) is 0 Å². The maximum absolute atomic E-state index is 12.0. The van der Waals surface area contributed by atoms with Crippen LogP contribution in [0.4, 0.5) is 4.39 Å². The standard InChI is InChI=1S/C2H3FO6S2/c3-2-1-8-10(4,5)11(6,7)9-2/h2H,1H2. The van der Waals surface area contributed by atoms with E-state index >= 15 is 0 Å². The van der Waals surface area contributed by atoms with E-state index in [9.17, 15) is 21.2 Å². The van der Waals surface area contributed by atoms with E-state index in [-0.39, 0.29) is 0 Å². The molecule has 0 aromatic carbocycles. The first-order chi connectivity index (χ1) is 4.85. The van der Waals surface area contributed by atoms with Crippen molar-refractivity contribution in [3.63, 3.8) is 0 Å². The van der Waals surface area contributed by atoms with Crippen LogP contribution < -0.4 is 0 Å². The van der Waals surface area contributed by atoms with E-state index in [2.05, 4.69) is 8.37 Å². The molecule has 1 unspecified atom stereocenters. The third kappa shape index (κ3) is 1.50. The van der Waals surface area contributed by atoms with Gasteiger partial charge in [0.25, 0.3) is 0 Å². The van der Waals surface area contributed by atoms with Crippen LogP contribution in [0.5, 0.6) is 0 Å². The first-order valence-electron chi connectivity index (χ1n) is 2.32. The Kier molecular flexibility index (Phi) is 1.90. The van der Waals surface area contributed by atoms with Gasteiger partial charge in [0.1, 0.15) is 6.61 Å². The zero-order valence-corrected chi connectivity index (χ0v) is 6.56. The zero-order valence-electron chi connectivity index (χ0n) is 4.93. The molecule has 9 heteroatoms. The number of halogens is 1. The third-order valence-corrected chi connectivity index (χ3v) is 4.21. The fourth-order valence-electron chi connectivity index (χ4n) is 0.400. The van der Waals surface area contributed by atoms with Crippen molar-refractivity contribution in [1.82, 2.24) is 0 Å². The molecule has 0 saturated carbocycles. The van der Waals surface area contributed by atoms with Gasteiger partial charge in [0, 0.05) is 0 Å². The predicted octanol–water partition coefficient (Wildman–Crippen LogP) is -1.10. The van der Waals surface area contributed by atoms with E-state index in [1.165, 1.54) is 0 Å². The molecule has 0 amide bonds. The fraction of sp³-hybridized carbons (Fsp3) is 1.00. The van der Waals surface area contributed by atoms with Gasteiger partial charge >= 0.3 is 18.3 Å². The van der Waals surface area contributed by atoms with Crippen molar-refractivity contribution in [1.29, 1.82) is 0 Å². The molecule has 1 heterocycles. The van der Waals surface area contributed by atoms with Crippen LogP contribution in [0.25, 0.3) is 0 Å². The van der Waals surface area contributed by atoms with Crippen LogP contribution in [-0.4, -0.2) is 29.8 Å². The van der Waals surface area contributed by atoms with E-state index in [0.717, 1.165) is 0 Å². The summed E-state index contributed by atoms with van der Waals surface area (Å²) < 4.78 is 60.6. The zero-order chi connectivity index (χ0) is 8.70. The summed E-state index contributed by atoms with van der Waals surface area (Å²) in [6, 6.07) is 0. The number of hydrogen-bond acceptors (Lipinski definition) is 6. The molecule has 0 aliphatic carbocycles. The first kappa shape index (κ1) is 8.84. The van der Waals surface area contributed by atoms with Crippen molar-refractivity contribution < 1.29 is 29.6 Å². The van der Waals surface area contributed by atoms with Gasteiger partial charge < -0.3 is 0 Å². The van der Waals surface area contributed by atoms with Gasteiger partial charge in [-0.25, -0.2) is 8.57 Å². The second kappa shape index (κ2) is 2.37. The van der Waals surface area contributed by atoms with Gasteiger partial charge in [-0.1, -0.05) is 0 Å². The largest absolute Gasteiger partial charge is 0.402 e. The van der Waals surface area contributed by atoms with Crippen LogP contribution in [0.2, 0.25) is 0 Å². The molecule has 1 fully saturated rings. The summed E-state index contributed by atoms with van der Waals surface area (Å²) in [6.45, 7) is -0.929. The van der Waals surface area contributed by atoms with Gasteiger partial charge in [-0.2, -0.15) is 16.8 Å². The van der Waals surface area contributed by atoms with Crippen molar-refractivity contribution in [2.45, 2.75) is 6.36 Å². The minimum atomic E-state index is -4.94. The van der Waals surface area contributed by atoms with Crippen molar-refractivity contribution in [2.75, 3.05) is 6.61 Å². The highest BCUT2D eigenvalue weighted by Gasteiger charge is 2.41. The van der Waals surface area contributed by atoms with E-state index in [1.54, 1.807) is 0 Å². The maximum atomic E-state index is 12.0.